The van der Waals surface area contributed by atoms with Gasteiger partial charge in [0.25, 0.3) is 0 Å². The molecule has 1 saturated heterocycles. The van der Waals surface area contributed by atoms with Gasteiger partial charge in [-0.15, -0.1) is 0 Å². The fraction of sp³-hybridized carbons (Fsp3) is 0.667. The van der Waals surface area contributed by atoms with E-state index in [2.05, 4.69) is 38.9 Å². The fourth-order valence-electron chi connectivity index (χ4n) is 2.16. The van der Waals surface area contributed by atoms with E-state index in [0.717, 1.165) is 29.8 Å². The van der Waals surface area contributed by atoms with E-state index in [-0.39, 0.29) is 6.10 Å². The lowest BCUT2D eigenvalue weighted by Crippen LogP contribution is -2.41. The predicted octanol–water partition coefficient (Wildman–Crippen LogP) is 1.70. The first kappa shape index (κ1) is 13.5. The van der Waals surface area contributed by atoms with Gasteiger partial charge in [0.2, 0.25) is 0 Å². The number of morpholine rings is 1. The number of aromatic nitrogens is 2. The van der Waals surface area contributed by atoms with Gasteiger partial charge in [-0.05, 0) is 29.8 Å². The van der Waals surface area contributed by atoms with Crippen LogP contribution in [0.5, 0.6) is 0 Å². The van der Waals surface area contributed by atoms with E-state index in [4.69, 9.17) is 10.00 Å². The van der Waals surface area contributed by atoms with Gasteiger partial charge in [-0.3, -0.25) is 9.58 Å². The molecule has 2 heterocycles. The molecule has 1 aromatic heterocycles. The predicted molar refractivity (Wildman–Crippen MR) is 71.0 cm³/mol. The lowest BCUT2D eigenvalue weighted by atomic mass is 10.2. The van der Waals surface area contributed by atoms with Gasteiger partial charge in [0, 0.05) is 26.2 Å². The Bertz CT molecular complexity index is 465. The molecule has 0 aromatic carbocycles. The SMILES string of the molecule is CCn1nc(C)c(Br)c1CN1CCOC(C#N)C1. The summed E-state index contributed by atoms with van der Waals surface area (Å²) < 4.78 is 8.43. The third kappa shape index (κ3) is 2.74. The van der Waals surface area contributed by atoms with Crippen molar-refractivity contribution in [2.24, 2.45) is 0 Å². The maximum absolute atomic E-state index is 8.91. The third-order valence-electron chi connectivity index (χ3n) is 3.12. The van der Waals surface area contributed by atoms with Gasteiger partial charge < -0.3 is 4.74 Å². The molecule has 0 bridgehead atoms. The maximum Gasteiger partial charge on any atom is 0.156 e. The molecule has 6 heteroatoms. The summed E-state index contributed by atoms with van der Waals surface area (Å²) in [6.45, 7) is 7.88. The average molecular weight is 313 g/mol. The average Bonchev–Trinajstić information content (AvgIpc) is 2.67. The number of nitrogens with zero attached hydrogens (tertiary/aromatic N) is 4. The van der Waals surface area contributed by atoms with Crippen LogP contribution < -0.4 is 0 Å². The molecule has 1 aromatic rings. The highest BCUT2D eigenvalue weighted by Crippen LogP contribution is 2.23. The van der Waals surface area contributed by atoms with Crippen LogP contribution in [0.2, 0.25) is 0 Å². The van der Waals surface area contributed by atoms with Crippen molar-refractivity contribution in [2.45, 2.75) is 33.0 Å². The second-order valence-electron chi connectivity index (χ2n) is 4.39. The number of ether oxygens (including phenoxy) is 1. The molecule has 0 saturated carbocycles. The summed E-state index contributed by atoms with van der Waals surface area (Å²) in [5.41, 5.74) is 2.19. The second-order valence-corrected chi connectivity index (χ2v) is 5.18. The molecular formula is C12H17BrN4O. The molecule has 0 amide bonds. The van der Waals surface area contributed by atoms with Crippen molar-refractivity contribution in [1.82, 2.24) is 14.7 Å². The molecule has 5 nitrogen and oxygen atoms in total. The van der Waals surface area contributed by atoms with E-state index in [0.29, 0.717) is 13.2 Å². The van der Waals surface area contributed by atoms with Crippen LogP contribution in [-0.4, -0.2) is 40.5 Å². The van der Waals surface area contributed by atoms with Crippen LogP contribution in [-0.2, 0) is 17.8 Å². The zero-order valence-corrected chi connectivity index (χ0v) is 12.3. The standard InChI is InChI=1S/C12H17BrN4O/c1-3-17-11(12(13)9(2)15-17)8-16-4-5-18-10(6-14)7-16/h10H,3-5,7-8H2,1-2H3. The highest BCUT2D eigenvalue weighted by molar-refractivity contribution is 9.10. The maximum atomic E-state index is 8.91. The second kappa shape index (κ2) is 5.83. The number of hydrogen-bond acceptors (Lipinski definition) is 4. The smallest absolute Gasteiger partial charge is 0.156 e. The summed E-state index contributed by atoms with van der Waals surface area (Å²) >= 11 is 3.59. The summed E-state index contributed by atoms with van der Waals surface area (Å²) in [7, 11) is 0. The minimum atomic E-state index is -0.309. The number of rotatable bonds is 3. The van der Waals surface area contributed by atoms with Gasteiger partial charge in [-0.25, -0.2) is 0 Å². The van der Waals surface area contributed by atoms with Crippen molar-refractivity contribution in [3.05, 3.63) is 15.9 Å². The largest absolute Gasteiger partial charge is 0.361 e. The van der Waals surface area contributed by atoms with Crippen molar-refractivity contribution in [3.63, 3.8) is 0 Å². The molecule has 1 fully saturated rings. The number of halogens is 1. The van der Waals surface area contributed by atoms with E-state index >= 15 is 0 Å². The first-order valence-corrected chi connectivity index (χ1v) is 6.90. The zero-order chi connectivity index (χ0) is 13.1. The Morgan fingerprint density at radius 2 is 2.39 bits per heavy atom. The third-order valence-corrected chi connectivity index (χ3v) is 4.15. The van der Waals surface area contributed by atoms with Gasteiger partial charge in [0.1, 0.15) is 0 Å². The molecule has 0 N–H and O–H groups in total. The highest BCUT2D eigenvalue weighted by Gasteiger charge is 2.22. The molecule has 1 unspecified atom stereocenters. The van der Waals surface area contributed by atoms with E-state index in [1.807, 2.05) is 11.6 Å². The number of nitriles is 1. The highest BCUT2D eigenvalue weighted by atomic mass is 79.9. The lowest BCUT2D eigenvalue weighted by molar-refractivity contribution is -0.00365. The lowest BCUT2D eigenvalue weighted by Gasteiger charge is -2.29. The summed E-state index contributed by atoms with van der Waals surface area (Å²) in [4.78, 5) is 2.24. The van der Waals surface area contributed by atoms with Gasteiger partial charge in [-0.1, -0.05) is 0 Å². The first-order chi connectivity index (χ1) is 8.65. The van der Waals surface area contributed by atoms with Crippen molar-refractivity contribution < 1.29 is 4.74 Å². The van der Waals surface area contributed by atoms with Crippen molar-refractivity contribution in [1.29, 1.82) is 5.26 Å². The van der Waals surface area contributed by atoms with E-state index < -0.39 is 0 Å². The molecule has 2 rings (SSSR count). The quantitative estimate of drug-likeness (QED) is 0.852. The summed E-state index contributed by atoms with van der Waals surface area (Å²) in [6, 6.07) is 2.17. The van der Waals surface area contributed by atoms with Gasteiger partial charge in [0.15, 0.2) is 6.10 Å². The Morgan fingerprint density at radius 3 is 3.06 bits per heavy atom. The normalized spacial score (nSPS) is 20.9. The molecular weight excluding hydrogens is 296 g/mol. The molecule has 1 aliphatic rings. The van der Waals surface area contributed by atoms with Crippen molar-refractivity contribution in [2.75, 3.05) is 19.7 Å². The van der Waals surface area contributed by atoms with Gasteiger partial charge >= 0.3 is 0 Å². The Balaban J connectivity index is 2.11. The minimum Gasteiger partial charge on any atom is -0.361 e. The molecule has 1 atom stereocenters. The van der Waals surface area contributed by atoms with Crippen molar-refractivity contribution >= 4 is 15.9 Å². The van der Waals surface area contributed by atoms with Gasteiger partial charge in [0.05, 0.1) is 28.5 Å². The minimum absolute atomic E-state index is 0.309. The van der Waals surface area contributed by atoms with Crippen LogP contribution in [0.1, 0.15) is 18.3 Å². The van der Waals surface area contributed by atoms with E-state index in [1.54, 1.807) is 0 Å². The fourth-order valence-corrected chi connectivity index (χ4v) is 2.57. The van der Waals surface area contributed by atoms with Crippen molar-refractivity contribution in [3.8, 4) is 6.07 Å². The Kier molecular flexibility index (Phi) is 4.38. The van der Waals surface area contributed by atoms with Crippen LogP contribution in [0, 0.1) is 18.3 Å². The molecule has 1 aliphatic heterocycles. The van der Waals surface area contributed by atoms with Gasteiger partial charge in [-0.2, -0.15) is 10.4 Å². The van der Waals surface area contributed by atoms with E-state index in [1.165, 1.54) is 5.69 Å². The monoisotopic (exact) mass is 312 g/mol. The number of hydrogen-bond donors (Lipinski definition) is 0. The molecule has 0 spiro atoms. The summed E-state index contributed by atoms with van der Waals surface area (Å²) in [6.07, 6.45) is -0.309. The Morgan fingerprint density at radius 1 is 1.61 bits per heavy atom. The van der Waals surface area contributed by atoms with E-state index in [9.17, 15) is 0 Å². The topological polar surface area (TPSA) is 54.1 Å². The van der Waals surface area contributed by atoms with Crippen LogP contribution in [0.3, 0.4) is 0 Å². The van der Waals surface area contributed by atoms with Crippen LogP contribution in [0.15, 0.2) is 4.47 Å². The van der Waals surface area contributed by atoms with Crippen LogP contribution in [0.25, 0.3) is 0 Å². The Labute approximate surface area is 115 Å². The van der Waals surface area contributed by atoms with Crippen LogP contribution in [0.4, 0.5) is 0 Å². The number of aryl methyl sites for hydroxylation is 2. The Hall–Kier alpha value is -0.900. The van der Waals surface area contributed by atoms with Crippen LogP contribution >= 0.6 is 15.9 Å². The molecule has 0 aliphatic carbocycles. The zero-order valence-electron chi connectivity index (χ0n) is 10.7. The molecule has 0 radical (unpaired) electrons. The summed E-state index contributed by atoms with van der Waals surface area (Å²) in [5.74, 6) is 0. The summed E-state index contributed by atoms with van der Waals surface area (Å²) in [5, 5.41) is 13.4. The molecule has 18 heavy (non-hydrogen) atoms. The first-order valence-electron chi connectivity index (χ1n) is 6.11. The molecule has 98 valence electrons.